The molecule has 0 amide bonds. The van der Waals surface area contributed by atoms with E-state index >= 15 is 0 Å². The van der Waals surface area contributed by atoms with Crippen LogP contribution in [0, 0.1) is 37.6 Å². The molecular formula is C10H9NO3W-2. The van der Waals surface area contributed by atoms with Gasteiger partial charge in [-0.05, 0) is 13.8 Å². The van der Waals surface area contributed by atoms with Crippen LogP contribution in [0.4, 0.5) is 0 Å². The molecule has 0 radical (unpaired) electrons. The minimum atomic E-state index is 0. The molecule has 0 spiro atoms. The molecule has 0 heterocycles. The van der Waals surface area contributed by atoms with Crippen molar-refractivity contribution in [3.63, 3.8) is 0 Å². The molecule has 1 aromatic rings. The second-order valence-corrected chi connectivity index (χ2v) is 1.74. The maximum Gasteiger partial charge on any atom is 2.00 e. The quantitative estimate of drug-likeness (QED) is 0.276. The molecule has 0 saturated carbocycles. The summed E-state index contributed by atoms with van der Waals surface area (Å²) in [5.41, 5.74) is 0.796. The molecule has 15 heavy (non-hydrogen) atoms. The van der Waals surface area contributed by atoms with E-state index in [9.17, 15) is 0 Å². The van der Waals surface area contributed by atoms with Crippen LogP contribution in [-0.2, 0) is 30.4 Å². The van der Waals surface area contributed by atoms with Crippen LogP contribution >= 0.6 is 0 Å². The van der Waals surface area contributed by atoms with E-state index in [2.05, 4.69) is 42.7 Å². The largest absolute Gasteiger partial charge is 2.00 e. The molecule has 0 aliphatic carbocycles. The molecule has 4 nitrogen and oxygen atoms in total. The number of hydrogen-bond donors (Lipinski definition) is 0. The van der Waals surface area contributed by atoms with E-state index in [1.165, 1.54) is 0 Å². The van der Waals surface area contributed by atoms with Crippen molar-refractivity contribution < 1.29 is 35.6 Å². The molecule has 1 rings (SSSR count). The number of nitrogens with zero attached hydrogens (tertiary/aromatic N) is 1. The first-order chi connectivity index (χ1) is 6.77. The van der Waals surface area contributed by atoms with Gasteiger partial charge in [-0.2, -0.15) is 0 Å². The third-order valence-electron chi connectivity index (χ3n) is 0.575. The average Bonchev–Trinajstić information content (AvgIpc) is 2.82. The Labute approximate surface area is 104 Å². The first kappa shape index (κ1) is 23.7. The van der Waals surface area contributed by atoms with Gasteiger partial charge in [-0.25, -0.2) is 0 Å². The Balaban J connectivity index is -0.0000000580. The summed E-state index contributed by atoms with van der Waals surface area (Å²) in [5, 5.41) is 9.30. The van der Waals surface area contributed by atoms with E-state index in [0.29, 0.717) is 0 Å². The summed E-state index contributed by atoms with van der Waals surface area (Å²) < 4.78 is 15.0. The van der Waals surface area contributed by atoms with Gasteiger partial charge in [0.25, 0.3) is 0 Å². The Kier molecular flexibility index (Phi) is 46.1. The summed E-state index contributed by atoms with van der Waals surface area (Å²) in [5.74, 6) is 0. The van der Waals surface area contributed by atoms with Crippen molar-refractivity contribution in [3.8, 4) is 0 Å². The zero-order valence-electron chi connectivity index (χ0n) is 8.25. The molecule has 5 heteroatoms. The predicted octanol–water partition coefficient (Wildman–Crippen LogP) is 0.636. The molecule has 0 aromatic heterocycles. The fourth-order valence-electron chi connectivity index (χ4n) is 0.180. The van der Waals surface area contributed by atoms with E-state index in [-0.39, 0.29) is 21.1 Å². The van der Waals surface area contributed by atoms with Gasteiger partial charge < -0.3 is 35.5 Å². The first-order valence-electron chi connectivity index (χ1n) is 3.18. The average molecular weight is 375 g/mol. The fourth-order valence-corrected chi connectivity index (χ4v) is 0.180. The Hall–Kier alpha value is -1.01. The van der Waals surface area contributed by atoms with Gasteiger partial charge in [0.15, 0.2) is 0 Å². The summed E-state index contributed by atoms with van der Waals surface area (Å²) in [4.78, 5) is 0. The van der Waals surface area contributed by atoms with Crippen molar-refractivity contribution in [2.45, 2.75) is 13.8 Å². The van der Waals surface area contributed by atoms with E-state index in [1.807, 2.05) is 0 Å². The van der Waals surface area contributed by atoms with Crippen LogP contribution < -0.4 is 0 Å². The molecule has 0 bridgehead atoms. The predicted molar refractivity (Wildman–Crippen MR) is 47.6 cm³/mol. The molecule has 0 aliphatic rings. The molecule has 0 aliphatic heterocycles. The van der Waals surface area contributed by atoms with Gasteiger partial charge in [0.2, 0.25) is 0 Å². The zero-order chi connectivity index (χ0) is 11.8. The summed E-state index contributed by atoms with van der Waals surface area (Å²) in [6.45, 7) is 12.6. The third-order valence-corrected chi connectivity index (χ3v) is 0.575. The summed E-state index contributed by atoms with van der Waals surface area (Å²) in [6, 6.07) is 12.0. The van der Waals surface area contributed by atoms with Gasteiger partial charge in [-0.1, -0.05) is 0 Å². The SMILES string of the molecule is CC(C)=N[OH2+].[C-]#[O+].[C-]#[O+].[W+2].[c-]1[c-][c-][cH-][c-]1. The fraction of sp³-hybridized carbons (Fsp3) is 0.200. The van der Waals surface area contributed by atoms with Gasteiger partial charge in [-0.3, -0.25) is 0 Å². The minimum absolute atomic E-state index is 0. The van der Waals surface area contributed by atoms with Gasteiger partial charge in [0, 0.05) is 5.16 Å². The molecule has 0 atom stereocenters. The molecule has 0 saturated heterocycles. The number of hydrogen-bond acceptors (Lipinski definition) is 1. The standard InChI is InChI=1S/C5H.C3H7NO.2CO.W/c1-2-4-5-3-1;1-3(2)4-5;2*1-2;/h1H;5H,1-2H3;;;/q-5;;;;+2/p+1. The van der Waals surface area contributed by atoms with Crippen molar-refractivity contribution in [2.24, 2.45) is 5.16 Å². The van der Waals surface area contributed by atoms with Crippen LogP contribution in [0.2, 0.25) is 0 Å². The second-order valence-electron chi connectivity index (χ2n) is 1.74. The molecule has 0 fully saturated rings. The summed E-state index contributed by atoms with van der Waals surface area (Å²) >= 11 is 0. The molecule has 80 valence electrons. The van der Waals surface area contributed by atoms with E-state index in [1.54, 1.807) is 19.9 Å². The van der Waals surface area contributed by atoms with Crippen molar-refractivity contribution in [3.05, 3.63) is 43.6 Å². The first-order valence-corrected chi connectivity index (χ1v) is 3.18. The van der Waals surface area contributed by atoms with Gasteiger partial charge in [0.05, 0.1) is 0 Å². The van der Waals surface area contributed by atoms with Gasteiger partial charge >= 0.3 is 43.7 Å². The van der Waals surface area contributed by atoms with Crippen molar-refractivity contribution in [2.75, 3.05) is 0 Å². The Morgan fingerprint density at radius 1 is 1.13 bits per heavy atom. The van der Waals surface area contributed by atoms with Crippen molar-refractivity contribution in [1.29, 1.82) is 0 Å². The van der Waals surface area contributed by atoms with Gasteiger partial charge in [-0.15, -0.1) is 0 Å². The molecule has 0 unspecified atom stereocenters. The second kappa shape index (κ2) is 29.3. The topological polar surface area (TPSA) is 75.1 Å². The van der Waals surface area contributed by atoms with Crippen molar-refractivity contribution in [1.82, 2.24) is 0 Å². The molecule has 2 N–H and O–H groups in total. The Morgan fingerprint density at radius 3 is 1.47 bits per heavy atom. The van der Waals surface area contributed by atoms with Crippen LogP contribution in [0.5, 0.6) is 0 Å². The van der Waals surface area contributed by atoms with Crippen LogP contribution in [0.25, 0.3) is 0 Å². The van der Waals surface area contributed by atoms with Gasteiger partial charge in [0.1, 0.15) is 5.71 Å². The van der Waals surface area contributed by atoms with Crippen LogP contribution in [0.3, 0.4) is 0 Å². The van der Waals surface area contributed by atoms with Crippen LogP contribution in [0.1, 0.15) is 13.8 Å². The monoisotopic (exact) mass is 375 g/mol. The zero-order valence-corrected chi connectivity index (χ0v) is 11.2. The van der Waals surface area contributed by atoms with Crippen LogP contribution in [-0.4, -0.2) is 10.9 Å². The van der Waals surface area contributed by atoms with E-state index in [0.717, 1.165) is 5.71 Å². The molecule has 1 aromatic carbocycles. The number of rotatable bonds is 0. The minimum Gasteiger partial charge on any atom is -0.999 e. The third kappa shape index (κ3) is 43.7. The Bertz CT molecular complexity index is 212. The maximum atomic E-state index is 7.50. The van der Waals surface area contributed by atoms with E-state index < -0.39 is 0 Å². The smallest absolute Gasteiger partial charge is 0.999 e. The molecular weight excluding hydrogens is 366 g/mol. The van der Waals surface area contributed by atoms with E-state index in [4.69, 9.17) is 14.5 Å². The summed E-state index contributed by atoms with van der Waals surface area (Å²) in [7, 11) is 0. The Morgan fingerprint density at radius 2 is 1.40 bits per heavy atom. The maximum absolute atomic E-state index is 7.50. The normalized spacial score (nSPS) is 5.20. The van der Waals surface area contributed by atoms with Crippen LogP contribution in [0.15, 0.2) is 11.2 Å². The summed E-state index contributed by atoms with van der Waals surface area (Å²) in [6.07, 6.45) is 0. The van der Waals surface area contributed by atoms with Crippen molar-refractivity contribution >= 4 is 5.71 Å².